The summed E-state index contributed by atoms with van der Waals surface area (Å²) < 4.78 is 21.3. The summed E-state index contributed by atoms with van der Waals surface area (Å²) in [7, 11) is 0. The van der Waals surface area contributed by atoms with E-state index in [0.717, 1.165) is 24.4 Å². The summed E-state index contributed by atoms with van der Waals surface area (Å²) >= 11 is 0. The minimum absolute atomic E-state index is 0.0792. The first-order valence-electron chi connectivity index (χ1n) is 9.18. The smallest absolute Gasteiger partial charge is 0.254 e. The van der Waals surface area contributed by atoms with Crippen molar-refractivity contribution in [3.63, 3.8) is 0 Å². The number of nitrogens with zero attached hydrogens (tertiary/aromatic N) is 4. The van der Waals surface area contributed by atoms with Gasteiger partial charge in [0.25, 0.3) is 5.91 Å². The lowest BCUT2D eigenvalue weighted by Crippen LogP contribution is -2.40. The van der Waals surface area contributed by atoms with E-state index in [1.165, 1.54) is 25.1 Å². The number of aryl methyl sites for hydroxylation is 1. The van der Waals surface area contributed by atoms with E-state index in [9.17, 15) is 9.18 Å². The van der Waals surface area contributed by atoms with Crippen molar-refractivity contribution in [1.82, 2.24) is 19.7 Å². The van der Waals surface area contributed by atoms with Crippen LogP contribution in [0.2, 0.25) is 0 Å². The predicted octanol–water partition coefficient (Wildman–Crippen LogP) is 2.60. The zero-order valence-corrected chi connectivity index (χ0v) is 14.9. The third-order valence-corrected chi connectivity index (χ3v) is 5.08. The first kappa shape index (κ1) is 17.1. The summed E-state index contributed by atoms with van der Waals surface area (Å²) in [5, 5.41) is 4.46. The van der Waals surface area contributed by atoms with Crippen LogP contribution in [0, 0.1) is 11.9 Å². The van der Waals surface area contributed by atoms with Gasteiger partial charge in [0.1, 0.15) is 0 Å². The monoisotopic (exact) mass is 358 g/mol. The van der Waals surface area contributed by atoms with Crippen LogP contribution in [-0.2, 0) is 17.8 Å². The molecule has 0 spiro atoms. The number of rotatable bonds is 6. The molecule has 1 saturated carbocycles. The maximum absolute atomic E-state index is 13.4. The first-order chi connectivity index (χ1) is 12.7. The topological polar surface area (TPSA) is 60.2 Å². The Morgan fingerprint density at radius 1 is 1.38 bits per heavy atom. The number of hydrogen-bond acceptors (Lipinski definition) is 4. The van der Waals surface area contributed by atoms with Gasteiger partial charge in [-0.25, -0.2) is 4.98 Å². The Labute approximate surface area is 152 Å². The van der Waals surface area contributed by atoms with E-state index in [0.29, 0.717) is 31.2 Å². The van der Waals surface area contributed by atoms with E-state index >= 15 is 0 Å². The van der Waals surface area contributed by atoms with Crippen molar-refractivity contribution in [2.24, 2.45) is 5.92 Å². The van der Waals surface area contributed by atoms with Crippen molar-refractivity contribution in [2.45, 2.75) is 38.8 Å². The van der Waals surface area contributed by atoms with E-state index in [2.05, 4.69) is 17.0 Å². The molecule has 7 heteroatoms. The van der Waals surface area contributed by atoms with E-state index in [1.54, 1.807) is 11.0 Å². The maximum atomic E-state index is 13.4. The van der Waals surface area contributed by atoms with Crippen LogP contribution in [0.15, 0.2) is 24.5 Å². The van der Waals surface area contributed by atoms with Crippen molar-refractivity contribution < 1.29 is 13.9 Å². The van der Waals surface area contributed by atoms with Crippen LogP contribution >= 0.6 is 0 Å². The van der Waals surface area contributed by atoms with Crippen LogP contribution < -0.4 is 0 Å². The lowest BCUT2D eigenvalue weighted by atomic mass is 9.96. The highest BCUT2D eigenvalue weighted by Crippen LogP contribution is 2.32. The molecule has 0 saturated heterocycles. The number of aromatic nitrogens is 3. The maximum Gasteiger partial charge on any atom is 0.254 e. The van der Waals surface area contributed by atoms with E-state index in [4.69, 9.17) is 4.74 Å². The quantitative estimate of drug-likeness (QED) is 0.745. The van der Waals surface area contributed by atoms with Crippen molar-refractivity contribution in [1.29, 1.82) is 0 Å². The Morgan fingerprint density at radius 3 is 2.96 bits per heavy atom. The third-order valence-electron chi connectivity index (χ3n) is 5.08. The van der Waals surface area contributed by atoms with Crippen molar-refractivity contribution in [3.8, 4) is 0 Å². The van der Waals surface area contributed by atoms with Gasteiger partial charge in [-0.05, 0) is 31.7 Å². The molecule has 0 unspecified atom stereocenters. The highest BCUT2D eigenvalue weighted by molar-refractivity contribution is 5.94. The molecule has 1 amide bonds. The number of ether oxygens (including phenoxy) is 1. The number of carbonyl (C=O) groups is 1. The van der Waals surface area contributed by atoms with Gasteiger partial charge in [-0.1, -0.05) is 0 Å². The van der Waals surface area contributed by atoms with Crippen LogP contribution in [0.1, 0.15) is 47.3 Å². The normalized spacial score (nSPS) is 19.5. The molecule has 1 atom stereocenters. The zero-order chi connectivity index (χ0) is 18.1. The van der Waals surface area contributed by atoms with E-state index in [1.807, 2.05) is 10.9 Å². The molecule has 1 aliphatic heterocycles. The number of hydrogen-bond donors (Lipinski definition) is 0. The minimum Gasteiger partial charge on any atom is -0.380 e. The molecule has 0 radical (unpaired) electrons. The highest BCUT2D eigenvalue weighted by atomic mass is 19.1. The Morgan fingerprint density at radius 2 is 2.23 bits per heavy atom. The Hall–Kier alpha value is -2.28. The average molecular weight is 358 g/mol. The second-order valence-electron chi connectivity index (χ2n) is 7.10. The fourth-order valence-corrected chi connectivity index (χ4v) is 3.57. The van der Waals surface area contributed by atoms with Gasteiger partial charge in [0.05, 0.1) is 18.5 Å². The summed E-state index contributed by atoms with van der Waals surface area (Å²) in [6.45, 7) is 5.24. The molecule has 2 aliphatic rings. The molecule has 3 heterocycles. The van der Waals surface area contributed by atoms with Crippen LogP contribution in [0.25, 0.3) is 0 Å². The Bertz CT molecular complexity index is 803. The number of pyridine rings is 1. The molecular formula is C19H23FN4O2. The van der Waals surface area contributed by atoms with Gasteiger partial charge in [0, 0.05) is 55.5 Å². The zero-order valence-electron chi connectivity index (χ0n) is 14.9. The van der Waals surface area contributed by atoms with Crippen molar-refractivity contribution in [2.75, 3.05) is 19.8 Å². The SMILES string of the molecule is CCn1ncc2c1[C@@H](COCC1CC1)CN(C(=O)c1ccnc(F)c1)C2. The average Bonchev–Trinajstić information content (AvgIpc) is 3.37. The van der Waals surface area contributed by atoms with Gasteiger partial charge in [-0.3, -0.25) is 9.48 Å². The van der Waals surface area contributed by atoms with Crippen LogP contribution in [0.4, 0.5) is 4.39 Å². The molecule has 1 aliphatic carbocycles. The molecule has 1 fully saturated rings. The molecule has 2 aromatic heterocycles. The summed E-state index contributed by atoms with van der Waals surface area (Å²) in [5.74, 6) is -0.0488. The van der Waals surface area contributed by atoms with Crippen LogP contribution in [0.3, 0.4) is 0 Å². The summed E-state index contributed by atoms with van der Waals surface area (Å²) in [4.78, 5) is 18.1. The van der Waals surface area contributed by atoms with Crippen molar-refractivity contribution >= 4 is 5.91 Å². The fourth-order valence-electron chi connectivity index (χ4n) is 3.57. The number of fused-ring (bicyclic) bond motifs is 1. The predicted molar refractivity (Wildman–Crippen MR) is 93.1 cm³/mol. The lowest BCUT2D eigenvalue weighted by Gasteiger charge is -2.33. The van der Waals surface area contributed by atoms with Crippen molar-refractivity contribution in [3.05, 3.63) is 47.3 Å². The number of carbonyl (C=O) groups excluding carboxylic acids is 1. The molecule has 0 N–H and O–H groups in total. The Balaban J connectivity index is 1.54. The summed E-state index contributed by atoms with van der Waals surface area (Å²) in [5.41, 5.74) is 2.52. The third kappa shape index (κ3) is 3.49. The number of amides is 1. The molecule has 2 aromatic rings. The van der Waals surface area contributed by atoms with E-state index < -0.39 is 5.95 Å². The molecule has 26 heavy (non-hydrogen) atoms. The fraction of sp³-hybridized carbons (Fsp3) is 0.526. The standard InChI is InChI=1S/C19H23FN4O2/c1-2-24-18-15(8-22-24)9-23(10-16(18)12-26-11-13-3-4-13)19(25)14-5-6-21-17(20)7-14/h5-8,13,16H,2-4,9-12H2,1H3/t16-/m1/s1. The lowest BCUT2D eigenvalue weighted by molar-refractivity contribution is 0.0619. The second kappa shape index (κ2) is 7.15. The van der Waals surface area contributed by atoms with Gasteiger partial charge in [0.2, 0.25) is 5.95 Å². The molecule has 138 valence electrons. The molecule has 4 rings (SSSR count). The minimum atomic E-state index is -0.642. The van der Waals surface area contributed by atoms with Gasteiger partial charge < -0.3 is 9.64 Å². The summed E-state index contributed by atoms with van der Waals surface area (Å²) in [6, 6.07) is 2.74. The molecular weight excluding hydrogens is 335 g/mol. The second-order valence-corrected chi connectivity index (χ2v) is 7.10. The molecule has 0 bridgehead atoms. The molecule has 6 nitrogen and oxygen atoms in total. The van der Waals surface area contributed by atoms with Gasteiger partial charge in [-0.2, -0.15) is 9.49 Å². The molecule has 0 aromatic carbocycles. The van der Waals surface area contributed by atoms with Gasteiger partial charge in [0.15, 0.2) is 0 Å². The Kier molecular flexibility index (Phi) is 4.72. The first-order valence-corrected chi connectivity index (χ1v) is 9.18. The van der Waals surface area contributed by atoms with Gasteiger partial charge >= 0.3 is 0 Å². The largest absolute Gasteiger partial charge is 0.380 e. The van der Waals surface area contributed by atoms with Gasteiger partial charge in [-0.15, -0.1) is 0 Å². The van der Waals surface area contributed by atoms with Crippen LogP contribution in [-0.4, -0.2) is 45.3 Å². The van der Waals surface area contributed by atoms with Crippen LogP contribution in [0.5, 0.6) is 0 Å². The summed E-state index contributed by atoms with van der Waals surface area (Å²) in [6.07, 6.45) is 5.66. The van der Waals surface area contributed by atoms with E-state index in [-0.39, 0.29) is 11.8 Å². The highest BCUT2D eigenvalue weighted by Gasteiger charge is 2.32. The number of halogens is 1.